The van der Waals surface area contributed by atoms with E-state index in [1.807, 2.05) is 24.3 Å². The molecule has 1 heterocycles. The van der Waals surface area contributed by atoms with Crippen LogP contribution >= 0.6 is 15.9 Å². The molecule has 0 fully saturated rings. The Labute approximate surface area is 120 Å². The van der Waals surface area contributed by atoms with Crippen molar-refractivity contribution in [2.45, 2.75) is 6.04 Å². The van der Waals surface area contributed by atoms with Crippen LogP contribution in [0.1, 0.15) is 17.2 Å². The van der Waals surface area contributed by atoms with Gasteiger partial charge in [-0.15, -0.1) is 0 Å². The lowest BCUT2D eigenvalue weighted by Crippen LogP contribution is -2.14. The molecule has 19 heavy (non-hydrogen) atoms. The van der Waals surface area contributed by atoms with Gasteiger partial charge in [-0.3, -0.25) is 0 Å². The highest BCUT2D eigenvalue weighted by molar-refractivity contribution is 9.09. The van der Waals surface area contributed by atoms with E-state index >= 15 is 0 Å². The molecule has 3 heteroatoms. The summed E-state index contributed by atoms with van der Waals surface area (Å²) in [5.41, 5.74) is 4.66. The van der Waals surface area contributed by atoms with Gasteiger partial charge in [0.25, 0.3) is 0 Å². The first-order valence-electron chi connectivity index (χ1n) is 6.16. The van der Waals surface area contributed by atoms with E-state index in [1.54, 1.807) is 0 Å². The Kier molecular flexibility index (Phi) is 3.38. The van der Waals surface area contributed by atoms with Gasteiger partial charge in [0.15, 0.2) is 0 Å². The standard InChI is InChI=1S/C16H13BrFN/c17-10-12-9-16(11-5-7-13(18)8-6-11)19-15-4-2-1-3-14(12)15/h1-9,16,19H,10H2. The minimum Gasteiger partial charge on any atom is -0.374 e. The summed E-state index contributed by atoms with van der Waals surface area (Å²) in [6.07, 6.45) is 2.18. The molecule has 96 valence electrons. The van der Waals surface area contributed by atoms with E-state index in [0.717, 1.165) is 16.6 Å². The van der Waals surface area contributed by atoms with Crippen molar-refractivity contribution in [3.05, 3.63) is 71.6 Å². The topological polar surface area (TPSA) is 12.0 Å². The highest BCUT2D eigenvalue weighted by Gasteiger charge is 2.18. The average Bonchev–Trinajstić information content (AvgIpc) is 2.47. The van der Waals surface area contributed by atoms with Crippen molar-refractivity contribution in [1.82, 2.24) is 0 Å². The number of fused-ring (bicyclic) bond motifs is 1. The highest BCUT2D eigenvalue weighted by atomic mass is 79.9. The Bertz CT molecular complexity index is 619. The zero-order valence-corrected chi connectivity index (χ0v) is 11.8. The quantitative estimate of drug-likeness (QED) is 0.787. The Morgan fingerprint density at radius 2 is 1.79 bits per heavy atom. The van der Waals surface area contributed by atoms with Crippen LogP contribution in [0.4, 0.5) is 10.1 Å². The van der Waals surface area contributed by atoms with E-state index in [9.17, 15) is 4.39 Å². The number of hydrogen-bond acceptors (Lipinski definition) is 1. The maximum absolute atomic E-state index is 13.0. The minimum absolute atomic E-state index is 0.0862. The summed E-state index contributed by atoms with van der Waals surface area (Å²) in [7, 11) is 0. The number of hydrogen-bond donors (Lipinski definition) is 1. The monoisotopic (exact) mass is 317 g/mol. The van der Waals surface area contributed by atoms with Gasteiger partial charge in [-0.05, 0) is 29.3 Å². The summed E-state index contributed by atoms with van der Waals surface area (Å²) in [6.45, 7) is 0. The van der Waals surface area contributed by atoms with E-state index < -0.39 is 0 Å². The van der Waals surface area contributed by atoms with E-state index in [0.29, 0.717) is 0 Å². The Morgan fingerprint density at radius 1 is 1.05 bits per heavy atom. The number of nitrogens with one attached hydrogen (secondary N) is 1. The summed E-state index contributed by atoms with van der Waals surface area (Å²) in [5, 5.41) is 4.29. The highest BCUT2D eigenvalue weighted by Crippen LogP contribution is 2.35. The smallest absolute Gasteiger partial charge is 0.123 e. The molecular formula is C16H13BrFN. The fourth-order valence-corrected chi connectivity index (χ4v) is 2.84. The van der Waals surface area contributed by atoms with Crippen molar-refractivity contribution in [2.24, 2.45) is 0 Å². The molecule has 0 aliphatic carbocycles. The molecule has 0 saturated carbocycles. The number of benzene rings is 2. The Hall–Kier alpha value is -1.61. The molecule has 0 amide bonds. The largest absolute Gasteiger partial charge is 0.374 e. The van der Waals surface area contributed by atoms with Crippen LogP contribution in [0.5, 0.6) is 0 Å². The van der Waals surface area contributed by atoms with Crippen LogP contribution in [0.3, 0.4) is 0 Å². The molecule has 1 nitrogen and oxygen atoms in total. The van der Waals surface area contributed by atoms with Gasteiger partial charge in [-0.2, -0.15) is 0 Å². The third-order valence-corrected chi connectivity index (χ3v) is 3.93. The molecule has 1 aliphatic heterocycles. The molecule has 0 bridgehead atoms. The van der Waals surface area contributed by atoms with Crippen LogP contribution in [0.25, 0.3) is 5.57 Å². The molecular weight excluding hydrogens is 305 g/mol. The van der Waals surface area contributed by atoms with Crippen molar-refractivity contribution in [2.75, 3.05) is 10.6 Å². The molecule has 1 aliphatic rings. The van der Waals surface area contributed by atoms with Crippen LogP contribution < -0.4 is 5.32 Å². The van der Waals surface area contributed by atoms with Crippen LogP contribution in [-0.2, 0) is 0 Å². The van der Waals surface area contributed by atoms with Gasteiger partial charge < -0.3 is 5.32 Å². The number of allylic oxidation sites excluding steroid dienone is 1. The zero-order valence-electron chi connectivity index (χ0n) is 10.2. The van der Waals surface area contributed by atoms with Crippen molar-refractivity contribution in [1.29, 1.82) is 0 Å². The second-order valence-corrected chi connectivity index (χ2v) is 5.11. The van der Waals surface area contributed by atoms with E-state index in [2.05, 4.69) is 39.5 Å². The van der Waals surface area contributed by atoms with Gasteiger partial charge in [0.2, 0.25) is 0 Å². The fraction of sp³-hybridized carbons (Fsp3) is 0.125. The van der Waals surface area contributed by atoms with Crippen LogP contribution in [0.2, 0.25) is 0 Å². The maximum atomic E-state index is 13.0. The van der Waals surface area contributed by atoms with E-state index in [1.165, 1.54) is 23.3 Å². The van der Waals surface area contributed by atoms with E-state index in [-0.39, 0.29) is 11.9 Å². The van der Waals surface area contributed by atoms with Crippen molar-refractivity contribution < 1.29 is 4.39 Å². The lowest BCUT2D eigenvalue weighted by Gasteiger charge is -2.26. The molecule has 0 saturated heterocycles. The van der Waals surface area contributed by atoms with Gasteiger partial charge in [0.1, 0.15) is 5.82 Å². The minimum atomic E-state index is -0.204. The molecule has 1 N–H and O–H groups in total. The Balaban J connectivity index is 2.01. The van der Waals surface area contributed by atoms with Crippen molar-refractivity contribution in [3.63, 3.8) is 0 Å². The Morgan fingerprint density at radius 3 is 2.53 bits per heavy atom. The number of halogens is 2. The van der Waals surface area contributed by atoms with Gasteiger partial charge in [0, 0.05) is 16.6 Å². The molecule has 1 unspecified atom stereocenters. The summed E-state index contributed by atoms with van der Waals surface area (Å²) in [5.74, 6) is -0.204. The van der Waals surface area contributed by atoms with Crippen molar-refractivity contribution >= 4 is 27.2 Å². The molecule has 3 rings (SSSR count). The first-order chi connectivity index (χ1) is 9.28. The predicted octanol–water partition coefficient (Wildman–Crippen LogP) is 4.77. The summed E-state index contributed by atoms with van der Waals surface area (Å²) < 4.78 is 13.0. The number of rotatable bonds is 2. The summed E-state index contributed by atoms with van der Waals surface area (Å²) >= 11 is 3.54. The lowest BCUT2D eigenvalue weighted by atomic mass is 9.94. The second-order valence-electron chi connectivity index (χ2n) is 4.54. The zero-order chi connectivity index (χ0) is 13.2. The average molecular weight is 318 g/mol. The second kappa shape index (κ2) is 5.17. The first kappa shape index (κ1) is 12.4. The van der Waals surface area contributed by atoms with Gasteiger partial charge in [-0.1, -0.05) is 52.3 Å². The van der Waals surface area contributed by atoms with E-state index in [4.69, 9.17) is 0 Å². The predicted molar refractivity (Wildman–Crippen MR) is 81.0 cm³/mol. The summed E-state index contributed by atoms with van der Waals surface area (Å²) in [4.78, 5) is 0. The molecule has 0 spiro atoms. The fourth-order valence-electron chi connectivity index (χ4n) is 2.36. The number of para-hydroxylation sites is 1. The molecule has 0 radical (unpaired) electrons. The number of alkyl halides is 1. The molecule has 2 aromatic carbocycles. The number of anilines is 1. The maximum Gasteiger partial charge on any atom is 0.123 e. The first-order valence-corrected chi connectivity index (χ1v) is 7.28. The van der Waals surface area contributed by atoms with Gasteiger partial charge in [-0.25, -0.2) is 4.39 Å². The molecule has 1 atom stereocenters. The SMILES string of the molecule is Fc1ccc(C2C=C(CBr)c3ccccc3N2)cc1. The molecule has 2 aromatic rings. The molecule has 0 aromatic heterocycles. The third kappa shape index (κ3) is 2.43. The summed E-state index contributed by atoms with van der Waals surface area (Å²) in [6, 6.07) is 15.0. The van der Waals surface area contributed by atoms with Crippen LogP contribution in [-0.4, -0.2) is 5.33 Å². The van der Waals surface area contributed by atoms with Crippen molar-refractivity contribution in [3.8, 4) is 0 Å². The van der Waals surface area contributed by atoms with Crippen LogP contribution in [0, 0.1) is 5.82 Å². The van der Waals surface area contributed by atoms with Crippen LogP contribution in [0.15, 0.2) is 54.6 Å². The normalized spacial score (nSPS) is 17.4. The third-order valence-electron chi connectivity index (χ3n) is 3.32. The lowest BCUT2D eigenvalue weighted by molar-refractivity contribution is 0.627. The van der Waals surface area contributed by atoms with Gasteiger partial charge >= 0.3 is 0 Å². The van der Waals surface area contributed by atoms with Gasteiger partial charge in [0.05, 0.1) is 6.04 Å².